The van der Waals surface area contributed by atoms with Gasteiger partial charge in [-0.1, -0.05) is 11.3 Å². The maximum Gasteiger partial charge on any atom is 0.222 e. The van der Waals surface area contributed by atoms with Crippen molar-refractivity contribution in [1.82, 2.24) is 10.3 Å². The molecule has 6 heteroatoms. The highest BCUT2D eigenvalue weighted by molar-refractivity contribution is 7.19. The number of hydrogen-bond acceptors (Lipinski definition) is 5. The van der Waals surface area contributed by atoms with Crippen molar-refractivity contribution < 1.29 is 4.79 Å². The summed E-state index contributed by atoms with van der Waals surface area (Å²) in [6, 6.07) is 0.151. The minimum absolute atomic E-state index is 0.0852. The lowest BCUT2D eigenvalue weighted by atomic mass is 10.3. The normalized spacial score (nSPS) is 21.5. The lowest BCUT2D eigenvalue weighted by molar-refractivity contribution is -0.119. The van der Waals surface area contributed by atoms with Crippen LogP contribution in [0.5, 0.6) is 0 Å². The van der Waals surface area contributed by atoms with Crippen molar-refractivity contribution in [3.63, 3.8) is 0 Å². The van der Waals surface area contributed by atoms with Crippen LogP contribution in [-0.2, 0) is 4.79 Å². The molecule has 1 atom stereocenters. The highest BCUT2D eigenvalue weighted by atomic mass is 32.1. The number of nitrogens with one attached hydrogen (secondary N) is 2. The van der Waals surface area contributed by atoms with Crippen molar-refractivity contribution >= 4 is 27.4 Å². The van der Waals surface area contributed by atoms with Crippen LogP contribution >= 0.6 is 11.3 Å². The minimum Gasteiger partial charge on any atom is -0.389 e. The van der Waals surface area contributed by atoms with Crippen molar-refractivity contribution in [2.75, 3.05) is 17.6 Å². The maximum atomic E-state index is 10.9. The Morgan fingerprint density at radius 2 is 2.62 bits per heavy atom. The van der Waals surface area contributed by atoms with Crippen LogP contribution in [0.15, 0.2) is 6.20 Å². The van der Waals surface area contributed by atoms with Crippen molar-refractivity contribution in [1.29, 1.82) is 0 Å². The molecule has 0 bridgehead atoms. The summed E-state index contributed by atoms with van der Waals surface area (Å²) < 4.78 is 0. The molecule has 1 unspecified atom stereocenters. The largest absolute Gasteiger partial charge is 0.389 e. The van der Waals surface area contributed by atoms with Gasteiger partial charge in [-0.05, 0) is 0 Å². The lowest BCUT2D eigenvalue weighted by Gasteiger charge is -2.07. The fourth-order valence-electron chi connectivity index (χ4n) is 1.24. The first-order valence-electron chi connectivity index (χ1n) is 3.98. The monoisotopic (exact) mass is 198 g/mol. The summed E-state index contributed by atoms with van der Waals surface area (Å²) in [5, 5.41) is 7.33. The van der Waals surface area contributed by atoms with Crippen LogP contribution < -0.4 is 16.4 Å². The number of thiazole rings is 1. The zero-order valence-electron chi connectivity index (χ0n) is 6.91. The van der Waals surface area contributed by atoms with Crippen molar-refractivity contribution in [2.24, 2.45) is 0 Å². The third kappa shape index (κ3) is 1.89. The maximum absolute atomic E-state index is 10.9. The second kappa shape index (κ2) is 3.21. The van der Waals surface area contributed by atoms with Gasteiger partial charge in [0, 0.05) is 13.0 Å². The van der Waals surface area contributed by atoms with E-state index < -0.39 is 0 Å². The number of amides is 1. The number of nitrogen functional groups attached to an aromatic ring is 1. The molecule has 2 rings (SSSR count). The van der Waals surface area contributed by atoms with Crippen LogP contribution in [0.25, 0.3) is 0 Å². The van der Waals surface area contributed by atoms with Gasteiger partial charge in [-0.2, -0.15) is 0 Å². The second-order valence-corrected chi connectivity index (χ2v) is 3.98. The molecule has 1 aromatic heterocycles. The zero-order chi connectivity index (χ0) is 9.26. The first kappa shape index (κ1) is 8.31. The summed E-state index contributed by atoms with van der Waals surface area (Å²) in [6.45, 7) is 0.665. The topological polar surface area (TPSA) is 80.0 Å². The molecule has 0 aromatic carbocycles. The fourth-order valence-corrected chi connectivity index (χ4v) is 1.89. The molecular weight excluding hydrogens is 188 g/mol. The Morgan fingerprint density at radius 1 is 1.77 bits per heavy atom. The molecule has 0 spiro atoms. The number of aromatic nitrogens is 1. The van der Waals surface area contributed by atoms with Gasteiger partial charge in [0.05, 0.1) is 12.2 Å². The molecule has 1 aliphatic heterocycles. The van der Waals surface area contributed by atoms with E-state index >= 15 is 0 Å². The minimum atomic E-state index is 0.0852. The first-order chi connectivity index (χ1) is 6.24. The number of carbonyl (C=O) groups excluding carboxylic acids is 1. The molecular formula is C7H10N4OS. The van der Waals surface area contributed by atoms with Crippen LogP contribution in [-0.4, -0.2) is 23.5 Å². The summed E-state index contributed by atoms with van der Waals surface area (Å²) in [6.07, 6.45) is 2.12. The van der Waals surface area contributed by atoms with E-state index in [-0.39, 0.29) is 11.9 Å². The van der Waals surface area contributed by atoms with E-state index in [0.717, 1.165) is 5.13 Å². The lowest BCUT2D eigenvalue weighted by Crippen LogP contribution is -2.22. The Morgan fingerprint density at radius 3 is 3.15 bits per heavy atom. The summed E-state index contributed by atoms with van der Waals surface area (Å²) >= 11 is 1.39. The van der Waals surface area contributed by atoms with Gasteiger partial charge in [0.15, 0.2) is 5.13 Å². The Labute approximate surface area is 79.3 Å². The summed E-state index contributed by atoms with van der Waals surface area (Å²) in [7, 11) is 0. The summed E-state index contributed by atoms with van der Waals surface area (Å²) in [4.78, 5) is 14.9. The van der Waals surface area contributed by atoms with E-state index in [4.69, 9.17) is 5.73 Å². The summed E-state index contributed by atoms with van der Waals surface area (Å²) in [5.74, 6) is 0.0852. The highest BCUT2D eigenvalue weighted by Gasteiger charge is 2.21. The van der Waals surface area contributed by atoms with Gasteiger partial charge in [-0.25, -0.2) is 4.98 Å². The molecule has 4 N–H and O–H groups in total. The predicted octanol–water partition coefficient (Wildman–Crippen LogP) is 0.0257. The van der Waals surface area contributed by atoms with Gasteiger partial charge < -0.3 is 16.4 Å². The van der Waals surface area contributed by atoms with Gasteiger partial charge in [0.25, 0.3) is 0 Å². The van der Waals surface area contributed by atoms with Gasteiger partial charge in [0.1, 0.15) is 5.00 Å². The van der Waals surface area contributed by atoms with E-state index in [1.54, 1.807) is 6.20 Å². The van der Waals surface area contributed by atoms with E-state index in [9.17, 15) is 4.79 Å². The highest BCUT2D eigenvalue weighted by Crippen LogP contribution is 2.21. The number of rotatable bonds is 2. The van der Waals surface area contributed by atoms with Crippen LogP contribution in [0.3, 0.4) is 0 Å². The van der Waals surface area contributed by atoms with Crippen LogP contribution in [0, 0.1) is 0 Å². The third-order valence-electron chi connectivity index (χ3n) is 1.83. The van der Waals surface area contributed by atoms with E-state index in [2.05, 4.69) is 15.6 Å². The molecule has 0 saturated carbocycles. The van der Waals surface area contributed by atoms with E-state index in [1.807, 2.05) is 0 Å². The number of nitrogens with zero attached hydrogens (tertiary/aromatic N) is 1. The average Bonchev–Trinajstić information content (AvgIpc) is 2.62. The standard InChI is InChI=1S/C7H10N4OS/c8-5-3-10-7(13-5)11-4-1-6(12)9-2-4/h3-4H,1-2,8H2,(H,9,12)(H,10,11). The molecule has 1 aliphatic rings. The predicted molar refractivity (Wildman–Crippen MR) is 51.6 cm³/mol. The molecule has 0 aliphatic carbocycles. The van der Waals surface area contributed by atoms with Crippen LogP contribution in [0.1, 0.15) is 6.42 Å². The number of carbonyl (C=O) groups is 1. The SMILES string of the molecule is Nc1cnc(NC2CNC(=O)C2)s1. The number of hydrogen-bond donors (Lipinski definition) is 3. The smallest absolute Gasteiger partial charge is 0.222 e. The molecule has 5 nitrogen and oxygen atoms in total. The molecule has 70 valence electrons. The number of anilines is 2. The van der Waals surface area contributed by atoms with E-state index in [0.29, 0.717) is 18.0 Å². The Balaban J connectivity index is 1.95. The Bertz CT molecular complexity index is 324. The van der Waals surface area contributed by atoms with Crippen LogP contribution in [0.4, 0.5) is 10.1 Å². The molecule has 1 fully saturated rings. The van der Waals surface area contributed by atoms with Crippen molar-refractivity contribution in [2.45, 2.75) is 12.5 Å². The molecule has 1 amide bonds. The molecule has 1 saturated heterocycles. The van der Waals surface area contributed by atoms with Gasteiger partial charge in [-0.15, -0.1) is 0 Å². The first-order valence-corrected chi connectivity index (χ1v) is 4.80. The average molecular weight is 198 g/mol. The Hall–Kier alpha value is -1.30. The fraction of sp³-hybridized carbons (Fsp3) is 0.429. The van der Waals surface area contributed by atoms with Crippen LogP contribution in [0.2, 0.25) is 0 Å². The molecule has 13 heavy (non-hydrogen) atoms. The Kier molecular flexibility index (Phi) is 2.05. The molecule has 0 radical (unpaired) electrons. The van der Waals surface area contributed by atoms with Crippen molar-refractivity contribution in [3.05, 3.63) is 6.20 Å². The number of nitrogens with two attached hydrogens (primary N) is 1. The molecule has 1 aromatic rings. The second-order valence-electron chi connectivity index (χ2n) is 2.92. The van der Waals surface area contributed by atoms with Gasteiger partial charge in [0.2, 0.25) is 5.91 Å². The summed E-state index contributed by atoms with van der Waals surface area (Å²) in [5.41, 5.74) is 5.51. The van der Waals surface area contributed by atoms with E-state index in [1.165, 1.54) is 11.3 Å². The third-order valence-corrected chi connectivity index (χ3v) is 2.59. The quantitative estimate of drug-likeness (QED) is 0.626. The van der Waals surface area contributed by atoms with Gasteiger partial charge >= 0.3 is 0 Å². The van der Waals surface area contributed by atoms with Gasteiger partial charge in [-0.3, -0.25) is 4.79 Å². The van der Waals surface area contributed by atoms with Crippen molar-refractivity contribution in [3.8, 4) is 0 Å². The molecule has 2 heterocycles. The zero-order valence-corrected chi connectivity index (χ0v) is 7.73.